The quantitative estimate of drug-likeness (QED) is 0.0533. The summed E-state index contributed by atoms with van der Waals surface area (Å²) in [5.41, 5.74) is 9.36. The summed E-state index contributed by atoms with van der Waals surface area (Å²) < 4.78 is 34.3. The van der Waals surface area contributed by atoms with Crippen molar-refractivity contribution in [3.63, 3.8) is 0 Å². The number of para-hydroxylation sites is 1. The maximum absolute atomic E-state index is 14.1. The predicted molar refractivity (Wildman–Crippen MR) is 181 cm³/mol. The molecule has 0 aliphatic heterocycles. The molecule has 0 saturated carbocycles. The number of nitrogens with one attached hydrogen (secondary N) is 2. The van der Waals surface area contributed by atoms with Crippen LogP contribution in [0.3, 0.4) is 0 Å². The topological polar surface area (TPSA) is 159 Å². The summed E-state index contributed by atoms with van der Waals surface area (Å²) in [5, 5.41) is 8.83. The number of esters is 1. The number of carbonyl (C=O) groups is 2. The molecule has 44 heavy (non-hydrogen) atoms. The van der Waals surface area contributed by atoms with E-state index in [1.165, 1.54) is 12.3 Å². The first-order valence-corrected chi connectivity index (χ1v) is 15.1. The molecule has 0 saturated heterocycles. The normalized spacial score (nSPS) is 11.2. The molecule has 2 heterocycles. The Hall–Kier alpha value is -4.30. The Morgan fingerprint density at radius 1 is 1.05 bits per heavy atom. The highest BCUT2D eigenvalue weighted by Crippen LogP contribution is 2.32. The third-order valence-electron chi connectivity index (χ3n) is 7.18. The number of Topliss-reactive ketones (excluding diaryl/α,β-unsaturated/α-hetero) is 1. The summed E-state index contributed by atoms with van der Waals surface area (Å²) in [4.78, 5) is 33.4. The highest BCUT2D eigenvalue weighted by Gasteiger charge is 2.30. The zero-order valence-corrected chi connectivity index (χ0v) is 27.3. The van der Waals surface area contributed by atoms with Gasteiger partial charge < -0.3 is 15.5 Å². The van der Waals surface area contributed by atoms with Crippen LogP contribution in [0.4, 0.5) is 5.69 Å². The van der Waals surface area contributed by atoms with Crippen LogP contribution in [0.1, 0.15) is 40.5 Å². The number of nitrogen functional groups attached to an aromatic ring is 1. The molecule has 4 N–H and O–H groups in total. The molecule has 0 bridgehead atoms. The summed E-state index contributed by atoms with van der Waals surface area (Å²) in [6.45, 7) is 3.00. The van der Waals surface area contributed by atoms with Gasteiger partial charge in [-0.25, -0.2) is 8.42 Å². The zero-order chi connectivity index (χ0) is 30.7. The van der Waals surface area contributed by atoms with Gasteiger partial charge in [-0.15, -0.1) is 24.0 Å². The smallest absolute Gasteiger partial charge is 0.326 e. The van der Waals surface area contributed by atoms with Gasteiger partial charge in [-0.1, -0.05) is 48.5 Å². The van der Waals surface area contributed by atoms with Crippen LogP contribution >= 0.6 is 24.0 Å². The molecule has 0 radical (unpaired) electrons. The van der Waals surface area contributed by atoms with Gasteiger partial charge in [0.05, 0.1) is 17.8 Å². The van der Waals surface area contributed by atoms with Crippen LogP contribution in [-0.4, -0.2) is 49.1 Å². The third kappa shape index (κ3) is 6.60. The van der Waals surface area contributed by atoms with Crippen molar-refractivity contribution in [3.8, 4) is 0 Å². The van der Waals surface area contributed by atoms with Gasteiger partial charge in [0.15, 0.2) is 5.78 Å². The number of anilines is 1. The second-order valence-corrected chi connectivity index (χ2v) is 11.9. The Morgan fingerprint density at radius 3 is 2.48 bits per heavy atom. The Kier molecular flexibility index (Phi) is 10.0. The van der Waals surface area contributed by atoms with E-state index in [1.807, 2.05) is 12.1 Å². The van der Waals surface area contributed by atoms with Gasteiger partial charge in [0.1, 0.15) is 17.3 Å². The minimum Gasteiger partial charge on any atom is -0.465 e. The van der Waals surface area contributed by atoms with Gasteiger partial charge in [0.25, 0.3) is 10.0 Å². The third-order valence-corrected chi connectivity index (χ3v) is 8.99. The fourth-order valence-corrected chi connectivity index (χ4v) is 6.68. The number of ether oxygens (including phenoxy) is 1. The molecular formula is C32H32IN5O5S. The number of aromatic nitrogens is 2. The Balaban J connectivity index is 0.00000442. The van der Waals surface area contributed by atoms with Crippen LogP contribution in [0, 0.1) is 12.3 Å². The van der Waals surface area contributed by atoms with Crippen molar-refractivity contribution in [2.24, 2.45) is 5.73 Å². The lowest BCUT2D eigenvalue weighted by atomic mass is 9.99. The number of benzene rings is 3. The number of rotatable bonds is 11. The molecule has 0 aliphatic carbocycles. The number of ketones is 1. The number of hydrogen-bond donors (Lipinski definition) is 3. The highest BCUT2D eigenvalue weighted by molar-refractivity contribution is 14.0. The number of aryl methyl sites for hydroxylation is 2. The van der Waals surface area contributed by atoms with Gasteiger partial charge in [-0.05, 0) is 50.1 Å². The molecule has 0 atom stereocenters. The predicted octanol–water partition coefficient (Wildman–Crippen LogP) is 5.50. The Morgan fingerprint density at radius 2 is 1.77 bits per heavy atom. The molecule has 0 amide bonds. The standard InChI is InChI=1S/C32H31N5O5S.HI/c1-3-42-29(39)19-37(43(40,41)28-8-4-6-22-7-5-17-35-31(22)28)24-14-15-25-26(18-24)36-20(2)30(25)27(38)16-11-21-9-12-23(13-10-21)32(33)34;/h4-10,12-15,17-18,36H,3,11,16,19H2,1-2H3,(H3,33,34);1H. The SMILES string of the molecule is CCOC(=O)CN(c1ccc2c(C(=O)CCc3ccc(C(=N)N)cc3)c(C)[nH]c2c1)S(=O)(=O)c1cccc2cccnc12.I. The number of hydrogen-bond acceptors (Lipinski definition) is 7. The van der Waals surface area contributed by atoms with Crippen molar-refractivity contribution in [2.45, 2.75) is 31.6 Å². The molecule has 0 fully saturated rings. The molecule has 0 spiro atoms. The van der Waals surface area contributed by atoms with Gasteiger partial charge >= 0.3 is 5.97 Å². The van der Waals surface area contributed by atoms with E-state index >= 15 is 0 Å². The second kappa shape index (κ2) is 13.6. The maximum Gasteiger partial charge on any atom is 0.326 e. The van der Waals surface area contributed by atoms with Crippen LogP contribution in [0.5, 0.6) is 0 Å². The van der Waals surface area contributed by atoms with Crippen molar-refractivity contribution >= 4 is 79.1 Å². The summed E-state index contributed by atoms with van der Waals surface area (Å²) in [7, 11) is -4.26. The first kappa shape index (κ1) is 32.6. The maximum atomic E-state index is 14.1. The van der Waals surface area contributed by atoms with Gasteiger partial charge in [-0.2, -0.15) is 0 Å². The molecule has 3 aromatic carbocycles. The number of nitrogens with two attached hydrogens (primary N) is 1. The van der Waals surface area contributed by atoms with Gasteiger partial charge in [0, 0.05) is 45.7 Å². The molecule has 5 aromatic rings. The van der Waals surface area contributed by atoms with Crippen LogP contribution < -0.4 is 10.0 Å². The average molecular weight is 726 g/mol. The first-order chi connectivity index (χ1) is 20.6. The molecule has 5 rings (SSSR count). The Labute approximate surface area is 272 Å². The van der Waals surface area contributed by atoms with E-state index in [2.05, 4.69) is 9.97 Å². The lowest BCUT2D eigenvalue weighted by Crippen LogP contribution is -2.36. The largest absolute Gasteiger partial charge is 0.465 e. The van der Waals surface area contributed by atoms with E-state index in [0.29, 0.717) is 45.0 Å². The number of sulfonamides is 1. The monoisotopic (exact) mass is 725 g/mol. The molecular weight excluding hydrogens is 693 g/mol. The number of fused-ring (bicyclic) bond motifs is 2. The van der Waals surface area contributed by atoms with Crippen molar-refractivity contribution in [3.05, 3.63) is 101 Å². The molecule has 2 aromatic heterocycles. The average Bonchev–Trinajstić information content (AvgIpc) is 3.33. The van der Waals surface area contributed by atoms with E-state index in [1.54, 1.807) is 68.4 Å². The lowest BCUT2D eigenvalue weighted by molar-refractivity contribution is -0.141. The van der Waals surface area contributed by atoms with E-state index in [9.17, 15) is 18.0 Å². The number of nitrogens with zero attached hydrogens (tertiary/aromatic N) is 2. The fraction of sp³-hybridized carbons (Fsp3) is 0.188. The number of aromatic amines is 1. The highest BCUT2D eigenvalue weighted by atomic mass is 127. The van der Waals surface area contributed by atoms with Crippen LogP contribution in [0.15, 0.2) is 83.9 Å². The van der Waals surface area contributed by atoms with E-state index < -0.39 is 22.5 Å². The molecule has 0 unspecified atom stereocenters. The number of pyridine rings is 1. The Bertz CT molecular complexity index is 1970. The fourth-order valence-electron chi connectivity index (χ4n) is 5.11. The molecule has 12 heteroatoms. The van der Waals surface area contributed by atoms with E-state index in [-0.39, 0.29) is 59.2 Å². The lowest BCUT2D eigenvalue weighted by Gasteiger charge is -2.24. The molecule has 228 valence electrons. The van der Waals surface area contributed by atoms with Crippen molar-refractivity contribution in [2.75, 3.05) is 17.5 Å². The summed E-state index contributed by atoms with van der Waals surface area (Å²) in [5.74, 6) is -0.780. The van der Waals surface area contributed by atoms with Crippen LogP contribution in [0.2, 0.25) is 0 Å². The van der Waals surface area contributed by atoms with Crippen LogP contribution in [-0.2, 0) is 26.0 Å². The van der Waals surface area contributed by atoms with E-state index in [4.69, 9.17) is 15.9 Å². The second-order valence-electron chi connectivity index (χ2n) is 10.0. The number of H-pyrrole nitrogens is 1. The van der Waals surface area contributed by atoms with Crippen LogP contribution in [0.25, 0.3) is 21.8 Å². The zero-order valence-electron chi connectivity index (χ0n) is 24.2. The molecule has 0 aliphatic rings. The van der Waals surface area contributed by atoms with Gasteiger partial charge in [-0.3, -0.25) is 24.3 Å². The number of halogens is 1. The van der Waals surface area contributed by atoms with Crippen molar-refractivity contribution < 1.29 is 22.7 Å². The minimum absolute atomic E-state index is 0. The first-order valence-electron chi connectivity index (χ1n) is 13.7. The summed E-state index contributed by atoms with van der Waals surface area (Å²) in [6.07, 6.45) is 2.28. The van der Waals surface area contributed by atoms with Gasteiger partial charge in [0.2, 0.25) is 0 Å². The molecule has 10 nitrogen and oxygen atoms in total. The summed E-state index contributed by atoms with van der Waals surface area (Å²) >= 11 is 0. The number of amidine groups is 1. The van der Waals surface area contributed by atoms with Crippen molar-refractivity contribution in [1.82, 2.24) is 9.97 Å². The van der Waals surface area contributed by atoms with E-state index in [0.717, 1.165) is 9.87 Å². The number of carbonyl (C=O) groups excluding carboxylic acids is 2. The van der Waals surface area contributed by atoms with Crippen molar-refractivity contribution in [1.29, 1.82) is 5.41 Å². The minimum atomic E-state index is -4.26. The summed E-state index contributed by atoms with van der Waals surface area (Å²) in [6, 6.07) is 20.5.